The fourth-order valence-corrected chi connectivity index (χ4v) is 1.30. The van der Waals surface area contributed by atoms with Crippen LogP contribution in [0.1, 0.15) is 5.69 Å². The molecule has 15 heavy (non-hydrogen) atoms. The largest absolute Gasteiger partial charge is 0.488 e. The summed E-state index contributed by atoms with van der Waals surface area (Å²) in [6, 6.07) is 3.66. The van der Waals surface area contributed by atoms with Crippen molar-refractivity contribution in [1.82, 2.24) is 10.3 Å². The van der Waals surface area contributed by atoms with Crippen molar-refractivity contribution in [3.63, 3.8) is 0 Å². The molecule has 1 aliphatic rings. The third-order valence-electron chi connectivity index (χ3n) is 1.96. The lowest BCUT2D eigenvalue weighted by atomic mass is 10.3. The first-order valence-corrected chi connectivity index (χ1v) is 5.06. The molecule has 0 radical (unpaired) electrons. The highest BCUT2D eigenvalue weighted by molar-refractivity contribution is 6.30. The average molecular weight is 223 g/mol. The van der Waals surface area contributed by atoms with E-state index in [1.54, 1.807) is 12.3 Å². The van der Waals surface area contributed by atoms with Gasteiger partial charge in [0.1, 0.15) is 12.4 Å². The second kappa shape index (κ2) is 4.84. The Hall–Kier alpha value is -1.48. The van der Waals surface area contributed by atoms with Gasteiger partial charge in [-0.1, -0.05) is 11.6 Å². The van der Waals surface area contributed by atoms with E-state index in [0.29, 0.717) is 11.6 Å². The number of allylic oxidation sites excluding steroid dienone is 1. The number of halogens is 1. The van der Waals surface area contributed by atoms with E-state index in [2.05, 4.69) is 10.3 Å². The monoisotopic (exact) mass is 222 g/mol. The lowest BCUT2D eigenvalue weighted by molar-refractivity contribution is 0.205. The second-order valence-corrected chi connectivity index (χ2v) is 3.54. The van der Waals surface area contributed by atoms with Crippen LogP contribution in [0.15, 0.2) is 42.4 Å². The molecule has 0 amide bonds. The van der Waals surface area contributed by atoms with Crippen molar-refractivity contribution >= 4 is 11.6 Å². The van der Waals surface area contributed by atoms with Crippen molar-refractivity contribution in [3.8, 4) is 0 Å². The second-order valence-electron chi connectivity index (χ2n) is 3.10. The van der Waals surface area contributed by atoms with Crippen LogP contribution in [-0.2, 0) is 11.3 Å². The molecule has 0 aromatic carbocycles. The molecule has 1 N–H and O–H groups in total. The minimum absolute atomic E-state index is 0.466. The quantitative estimate of drug-likeness (QED) is 0.852. The van der Waals surface area contributed by atoms with Gasteiger partial charge in [0.15, 0.2) is 0 Å². The molecular formula is C11H11ClN2O. The van der Waals surface area contributed by atoms with Gasteiger partial charge in [0.2, 0.25) is 0 Å². The molecule has 0 saturated heterocycles. The first-order valence-electron chi connectivity index (χ1n) is 4.68. The smallest absolute Gasteiger partial charge is 0.130 e. The van der Waals surface area contributed by atoms with Gasteiger partial charge in [-0.15, -0.1) is 0 Å². The molecule has 1 aromatic heterocycles. The molecule has 78 valence electrons. The van der Waals surface area contributed by atoms with Crippen molar-refractivity contribution in [2.75, 3.05) is 6.54 Å². The van der Waals surface area contributed by atoms with E-state index in [-0.39, 0.29) is 0 Å². The van der Waals surface area contributed by atoms with E-state index >= 15 is 0 Å². The molecule has 0 unspecified atom stereocenters. The van der Waals surface area contributed by atoms with Crippen molar-refractivity contribution < 1.29 is 4.74 Å². The number of hydrogen-bond acceptors (Lipinski definition) is 3. The number of hydrogen-bond donors (Lipinski definition) is 1. The van der Waals surface area contributed by atoms with E-state index in [1.807, 2.05) is 24.4 Å². The topological polar surface area (TPSA) is 34.1 Å². The van der Waals surface area contributed by atoms with Crippen molar-refractivity contribution in [2.45, 2.75) is 6.61 Å². The fraction of sp³-hybridized carbons (Fsp3) is 0.182. The van der Waals surface area contributed by atoms with Crippen molar-refractivity contribution in [3.05, 3.63) is 53.2 Å². The Balaban J connectivity index is 1.90. The molecule has 0 bridgehead atoms. The Kier molecular flexibility index (Phi) is 3.25. The Morgan fingerprint density at radius 2 is 2.40 bits per heavy atom. The molecule has 0 atom stereocenters. The van der Waals surface area contributed by atoms with Crippen LogP contribution in [0, 0.1) is 0 Å². The highest BCUT2D eigenvalue weighted by Crippen LogP contribution is 2.09. The Morgan fingerprint density at radius 1 is 1.47 bits per heavy atom. The minimum atomic E-state index is 0.466. The van der Waals surface area contributed by atoms with Gasteiger partial charge in [0, 0.05) is 18.9 Å². The number of dihydropyridines is 1. The van der Waals surface area contributed by atoms with Crippen LogP contribution in [-0.4, -0.2) is 11.5 Å². The molecule has 0 fully saturated rings. The zero-order valence-electron chi connectivity index (χ0n) is 8.11. The minimum Gasteiger partial charge on any atom is -0.488 e. The molecule has 1 aromatic rings. The predicted molar refractivity (Wildman–Crippen MR) is 59.3 cm³/mol. The Labute approximate surface area is 93.4 Å². The Morgan fingerprint density at radius 3 is 3.07 bits per heavy atom. The third kappa shape index (κ3) is 2.99. The first-order chi connectivity index (χ1) is 7.34. The van der Waals surface area contributed by atoms with E-state index in [0.717, 1.165) is 18.0 Å². The van der Waals surface area contributed by atoms with Crippen LogP contribution < -0.4 is 5.32 Å². The molecule has 0 saturated carbocycles. The SMILES string of the molecule is Clc1ccc(COC2=CCNC=C2)nc1. The van der Waals surface area contributed by atoms with Crippen LogP contribution in [0.5, 0.6) is 0 Å². The summed E-state index contributed by atoms with van der Waals surface area (Å²) >= 11 is 5.73. The molecule has 2 rings (SSSR count). The first kappa shape index (κ1) is 10.1. The predicted octanol–water partition coefficient (Wildman–Crippen LogP) is 2.25. The number of rotatable bonds is 3. The molecule has 0 aliphatic carbocycles. The van der Waals surface area contributed by atoms with Gasteiger partial charge >= 0.3 is 0 Å². The van der Waals surface area contributed by atoms with Gasteiger partial charge in [-0.05, 0) is 24.3 Å². The van der Waals surface area contributed by atoms with Gasteiger partial charge in [-0.25, -0.2) is 0 Å². The molecule has 3 nitrogen and oxygen atoms in total. The number of pyridine rings is 1. The van der Waals surface area contributed by atoms with Gasteiger partial charge in [0.25, 0.3) is 0 Å². The summed E-state index contributed by atoms with van der Waals surface area (Å²) in [5, 5.41) is 3.69. The summed E-state index contributed by atoms with van der Waals surface area (Å²) in [5.74, 6) is 0.866. The van der Waals surface area contributed by atoms with Crippen molar-refractivity contribution in [1.29, 1.82) is 0 Å². The number of nitrogens with one attached hydrogen (secondary N) is 1. The maximum Gasteiger partial charge on any atom is 0.130 e. The molecule has 0 spiro atoms. The van der Waals surface area contributed by atoms with Crippen molar-refractivity contribution in [2.24, 2.45) is 0 Å². The molecule has 1 aliphatic heterocycles. The zero-order valence-corrected chi connectivity index (χ0v) is 8.87. The molecular weight excluding hydrogens is 212 g/mol. The molecule has 4 heteroatoms. The van der Waals surface area contributed by atoms with Crippen LogP contribution >= 0.6 is 11.6 Å². The summed E-state index contributed by atoms with van der Waals surface area (Å²) in [4.78, 5) is 4.14. The maximum atomic E-state index is 5.73. The number of nitrogens with zero attached hydrogens (tertiary/aromatic N) is 1. The van der Waals surface area contributed by atoms with Gasteiger partial charge < -0.3 is 10.1 Å². The summed E-state index contributed by atoms with van der Waals surface area (Å²) in [6.45, 7) is 1.27. The third-order valence-corrected chi connectivity index (χ3v) is 2.19. The lowest BCUT2D eigenvalue weighted by Crippen LogP contribution is -2.10. The van der Waals surface area contributed by atoms with Gasteiger partial charge in [-0.2, -0.15) is 0 Å². The average Bonchev–Trinajstić information content (AvgIpc) is 2.30. The highest BCUT2D eigenvalue weighted by atomic mass is 35.5. The number of aromatic nitrogens is 1. The normalized spacial score (nSPS) is 14.3. The molecule has 2 heterocycles. The maximum absolute atomic E-state index is 5.73. The standard InChI is InChI=1S/C11H11ClN2O/c12-9-1-2-10(14-7-9)8-15-11-3-5-13-6-4-11/h1-5,7,13H,6,8H2. The van der Waals surface area contributed by atoms with Gasteiger partial charge in [-0.3, -0.25) is 4.98 Å². The number of ether oxygens (including phenoxy) is 1. The zero-order chi connectivity index (χ0) is 10.5. The summed E-state index contributed by atoms with van der Waals surface area (Å²) in [6.07, 6.45) is 7.35. The highest BCUT2D eigenvalue weighted by Gasteiger charge is 1.99. The van der Waals surface area contributed by atoms with E-state index in [9.17, 15) is 0 Å². The van der Waals surface area contributed by atoms with Gasteiger partial charge in [0.05, 0.1) is 10.7 Å². The fourth-order valence-electron chi connectivity index (χ4n) is 1.19. The van der Waals surface area contributed by atoms with Crippen LogP contribution in [0.3, 0.4) is 0 Å². The van der Waals surface area contributed by atoms with Crippen LogP contribution in [0.4, 0.5) is 0 Å². The van der Waals surface area contributed by atoms with E-state index < -0.39 is 0 Å². The lowest BCUT2D eigenvalue weighted by Gasteiger charge is -2.10. The summed E-state index contributed by atoms with van der Waals surface area (Å²) in [5.41, 5.74) is 0.868. The van der Waals surface area contributed by atoms with E-state index in [1.165, 1.54) is 0 Å². The summed E-state index contributed by atoms with van der Waals surface area (Å²) in [7, 11) is 0. The Bertz CT molecular complexity index is 384. The van der Waals surface area contributed by atoms with Crippen LogP contribution in [0.25, 0.3) is 0 Å². The van der Waals surface area contributed by atoms with Crippen LogP contribution in [0.2, 0.25) is 5.02 Å². The summed E-state index contributed by atoms with van der Waals surface area (Å²) < 4.78 is 5.54. The van der Waals surface area contributed by atoms with E-state index in [4.69, 9.17) is 16.3 Å².